The van der Waals surface area contributed by atoms with Gasteiger partial charge in [-0.2, -0.15) is 8.78 Å². The van der Waals surface area contributed by atoms with Crippen molar-refractivity contribution >= 4 is 11.8 Å². The molecular weight excluding hydrogens is 414 g/mol. The monoisotopic (exact) mass is 446 g/mol. The van der Waals surface area contributed by atoms with Gasteiger partial charge >= 0.3 is 6.61 Å². The van der Waals surface area contributed by atoms with Crippen LogP contribution < -0.4 is 15.0 Å². The highest BCUT2D eigenvalue weighted by Crippen LogP contribution is 2.17. The van der Waals surface area contributed by atoms with Gasteiger partial charge in [-0.3, -0.25) is 4.99 Å². The second kappa shape index (κ2) is 11.6. The topological polar surface area (TPSA) is 56.2 Å². The van der Waals surface area contributed by atoms with Crippen LogP contribution in [-0.2, 0) is 13.1 Å². The Kier molecular flexibility index (Phi) is 8.61. The third-order valence-corrected chi connectivity index (χ3v) is 5.55. The van der Waals surface area contributed by atoms with E-state index in [0.29, 0.717) is 13.1 Å². The first-order valence-corrected chi connectivity index (χ1v) is 10.9. The zero-order chi connectivity index (χ0) is 22.9. The number of piperazine rings is 1. The number of hydrogen-bond donors (Lipinski definition) is 1. The molecule has 1 aromatic carbocycles. The van der Waals surface area contributed by atoms with E-state index < -0.39 is 6.61 Å². The minimum atomic E-state index is -2.82. The van der Waals surface area contributed by atoms with E-state index in [2.05, 4.69) is 42.8 Å². The van der Waals surface area contributed by atoms with Crippen molar-refractivity contribution in [3.8, 4) is 5.75 Å². The third kappa shape index (κ3) is 6.78. The van der Waals surface area contributed by atoms with Crippen molar-refractivity contribution in [1.82, 2.24) is 20.1 Å². The van der Waals surface area contributed by atoms with Crippen LogP contribution in [-0.4, -0.2) is 74.2 Å². The number of aromatic nitrogens is 1. The van der Waals surface area contributed by atoms with Gasteiger partial charge < -0.3 is 24.8 Å². The molecule has 32 heavy (non-hydrogen) atoms. The Balaban J connectivity index is 1.53. The molecule has 0 atom stereocenters. The molecule has 1 fully saturated rings. The van der Waals surface area contributed by atoms with Crippen molar-refractivity contribution in [2.45, 2.75) is 26.6 Å². The van der Waals surface area contributed by atoms with Crippen molar-refractivity contribution in [2.24, 2.45) is 4.99 Å². The Labute approximate surface area is 188 Å². The SMILES string of the molecule is CCN1CCN(c2cc(CNC(=NC)N(C)Cc3ccc(OC(F)F)cc3)ccn2)CC1. The minimum Gasteiger partial charge on any atom is -0.435 e. The van der Waals surface area contributed by atoms with Gasteiger partial charge in [-0.05, 0) is 41.9 Å². The first-order chi connectivity index (χ1) is 15.5. The lowest BCUT2D eigenvalue weighted by Crippen LogP contribution is -2.46. The van der Waals surface area contributed by atoms with Crippen molar-refractivity contribution < 1.29 is 13.5 Å². The average Bonchev–Trinajstić information content (AvgIpc) is 2.80. The van der Waals surface area contributed by atoms with Crippen LogP contribution in [0.15, 0.2) is 47.6 Å². The lowest BCUT2D eigenvalue weighted by molar-refractivity contribution is -0.0498. The number of halogens is 2. The Morgan fingerprint density at radius 3 is 2.50 bits per heavy atom. The summed E-state index contributed by atoms with van der Waals surface area (Å²) in [6.45, 7) is 5.78. The Bertz CT molecular complexity index is 869. The first kappa shape index (κ1) is 23.7. The van der Waals surface area contributed by atoms with Crippen LogP contribution in [0.2, 0.25) is 0 Å². The highest BCUT2D eigenvalue weighted by atomic mass is 19.3. The molecule has 1 saturated heterocycles. The van der Waals surface area contributed by atoms with Gasteiger partial charge in [0, 0.05) is 59.6 Å². The molecule has 0 bridgehead atoms. The number of rotatable bonds is 8. The highest BCUT2D eigenvalue weighted by molar-refractivity contribution is 5.79. The third-order valence-electron chi connectivity index (χ3n) is 5.55. The standard InChI is InChI=1S/C23H32F2N6O/c1-4-30-11-13-31(14-12-30)21-15-19(9-10-27-21)16-28-23(26-2)29(3)17-18-5-7-20(8-6-18)32-22(24)25/h5-10,15,22H,4,11-14,16-17H2,1-3H3,(H,26,28). The number of guanidine groups is 1. The molecule has 1 aliphatic rings. The van der Waals surface area contributed by atoms with Crippen LogP contribution >= 0.6 is 0 Å². The molecule has 1 N–H and O–H groups in total. The van der Waals surface area contributed by atoms with Gasteiger partial charge in [0.2, 0.25) is 0 Å². The summed E-state index contributed by atoms with van der Waals surface area (Å²) in [5.74, 6) is 1.90. The number of aliphatic imine (C=N–C) groups is 1. The van der Waals surface area contributed by atoms with Gasteiger partial charge in [0.25, 0.3) is 0 Å². The smallest absolute Gasteiger partial charge is 0.387 e. The molecule has 0 spiro atoms. The number of nitrogens with one attached hydrogen (secondary N) is 1. The van der Waals surface area contributed by atoms with Crippen LogP contribution in [0.25, 0.3) is 0 Å². The summed E-state index contributed by atoms with van der Waals surface area (Å²) in [6.07, 6.45) is 1.86. The quantitative estimate of drug-likeness (QED) is 0.497. The van der Waals surface area contributed by atoms with Gasteiger partial charge in [0.1, 0.15) is 11.6 Å². The number of ether oxygens (including phenoxy) is 1. The lowest BCUT2D eigenvalue weighted by Gasteiger charge is -2.34. The van der Waals surface area contributed by atoms with E-state index in [-0.39, 0.29) is 5.75 Å². The van der Waals surface area contributed by atoms with E-state index in [1.165, 1.54) is 0 Å². The Morgan fingerprint density at radius 1 is 1.16 bits per heavy atom. The van der Waals surface area contributed by atoms with E-state index >= 15 is 0 Å². The summed E-state index contributed by atoms with van der Waals surface area (Å²) >= 11 is 0. The second-order valence-corrected chi connectivity index (χ2v) is 7.72. The fraction of sp³-hybridized carbons (Fsp3) is 0.478. The summed E-state index contributed by atoms with van der Waals surface area (Å²) in [6, 6.07) is 10.8. The van der Waals surface area contributed by atoms with Crippen molar-refractivity contribution in [3.05, 3.63) is 53.7 Å². The summed E-state index contributed by atoms with van der Waals surface area (Å²) in [5.41, 5.74) is 2.10. The van der Waals surface area contributed by atoms with Gasteiger partial charge in [-0.25, -0.2) is 4.98 Å². The van der Waals surface area contributed by atoms with Crippen molar-refractivity contribution in [3.63, 3.8) is 0 Å². The molecule has 1 aliphatic heterocycles. The van der Waals surface area contributed by atoms with E-state index in [4.69, 9.17) is 0 Å². The Hall–Kier alpha value is -2.94. The molecule has 0 aliphatic carbocycles. The molecule has 2 heterocycles. The number of alkyl halides is 2. The fourth-order valence-corrected chi connectivity index (χ4v) is 3.73. The van der Waals surface area contributed by atoms with Crippen LogP contribution in [0.1, 0.15) is 18.1 Å². The molecule has 0 saturated carbocycles. The van der Waals surface area contributed by atoms with E-state index in [1.807, 2.05) is 24.2 Å². The predicted octanol–water partition coefficient (Wildman–Crippen LogP) is 3.03. The van der Waals surface area contributed by atoms with E-state index in [1.54, 1.807) is 31.3 Å². The molecule has 2 aromatic rings. The number of hydrogen-bond acceptors (Lipinski definition) is 5. The summed E-state index contributed by atoms with van der Waals surface area (Å²) in [5, 5.41) is 3.39. The first-order valence-electron chi connectivity index (χ1n) is 10.9. The normalized spacial score (nSPS) is 15.2. The molecule has 0 amide bonds. The summed E-state index contributed by atoms with van der Waals surface area (Å²) in [4.78, 5) is 15.7. The van der Waals surface area contributed by atoms with Gasteiger partial charge in [0.05, 0.1) is 0 Å². The van der Waals surface area contributed by atoms with Crippen LogP contribution in [0.3, 0.4) is 0 Å². The van der Waals surface area contributed by atoms with Crippen molar-refractivity contribution in [1.29, 1.82) is 0 Å². The molecule has 7 nitrogen and oxygen atoms in total. The molecule has 0 unspecified atom stereocenters. The zero-order valence-electron chi connectivity index (χ0n) is 19.0. The average molecular weight is 447 g/mol. The molecule has 3 rings (SSSR count). The molecule has 9 heteroatoms. The van der Waals surface area contributed by atoms with E-state index in [0.717, 1.165) is 55.6 Å². The van der Waals surface area contributed by atoms with E-state index in [9.17, 15) is 8.78 Å². The number of nitrogens with zero attached hydrogens (tertiary/aromatic N) is 5. The van der Waals surface area contributed by atoms with Gasteiger partial charge in [-0.15, -0.1) is 0 Å². The number of anilines is 1. The Morgan fingerprint density at radius 2 is 1.88 bits per heavy atom. The number of benzene rings is 1. The molecule has 174 valence electrons. The van der Waals surface area contributed by atoms with Crippen molar-refractivity contribution in [2.75, 3.05) is 51.7 Å². The second-order valence-electron chi connectivity index (χ2n) is 7.72. The zero-order valence-corrected chi connectivity index (χ0v) is 19.0. The maximum absolute atomic E-state index is 12.3. The summed E-state index contributed by atoms with van der Waals surface area (Å²) in [7, 11) is 3.67. The summed E-state index contributed by atoms with van der Waals surface area (Å²) < 4.78 is 29.0. The molecule has 1 aromatic heterocycles. The van der Waals surface area contributed by atoms with Crippen LogP contribution in [0.5, 0.6) is 5.75 Å². The largest absolute Gasteiger partial charge is 0.435 e. The van der Waals surface area contributed by atoms with Gasteiger partial charge in [-0.1, -0.05) is 19.1 Å². The van der Waals surface area contributed by atoms with Crippen LogP contribution in [0.4, 0.5) is 14.6 Å². The predicted molar refractivity (Wildman–Crippen MR) is 123 cm³/mol. The minimum absolute atomic E-state index is 0.151. The highest BCUT2D eigenvalue weighted by Gasteiger charge is 2.17. The fourth-order valence-electron chi connectivity index (χ4n) is 3.73. The van der Waals surface area contributed by atoms with Gasteiger partial charge in [0.15, 0.2) is 5.96 Å². The molecule has 0 radical (unpaired) electrons. The maximum Gasteiger partial charge on any atom is 0.387 e. The lowest BCUT2D eigenvalue weighted by atomic mass is 10.2. The number of pyridine rings is 1. The molecular formula is C23H32F2N6O. The van der Waals surface area contributed by atoms with Crippen LogP contribution in [0, 0.1) is 0 Å². The number of likely N-dealkylation sites (N-methyl/N-ethyl adjacent to an activating group) is 1. The maximum atomic E-state index is 12.3.